The molecule has 4 aromatic carbocycles. The lowest BCUT2D eigenvalue weighted by molar-refractivity contribution is -0.116. The molecule has 0 bridgehead atoms. The van der Waals surface area contributed by atoms with Gasteiger partial charge in [0.25, 0.3) is 0 Å². The summed E-state index contributed by atoms with van der Waals surface area (Å²) in [6.45, 7) is 2.04. The quantitative estimate of drug-likeness (QED) is 0.190. The van der Waals surface area contributed by atoms with Gasteiger partial charge in [0.1, 0.15) is 5.25 Å². The number of thiazole rings is 1. The number of hydrogen-bond donors (Lipinski definition) is 2. The van der Waals surface area contributed by atoms with Gasteiger partial charge in [-0.15, -0.1) is 11.8 Å². The Balaban J connectivity index is 1.32. The number of carbonyl (C=O) groups is 2. The molecule has 1 heterocycles. The SMILES string of the molecule is Cc1ccc2nc(NC(=O)C(Sc3cccc(NC(=O)Cc4ccc(Cl)cc4)c3)c3ccccc3)sc2c1. The van der Waals surface area contributed by atoms with Crippen LogP contribution in [0, 0.1) is 6.92 Å². The maximum Gasteiger partial charge on any atom is 0.244 e. The summed E-state index contributed by atoms with van der Waals surface area (Å²) in [7, 11) is 0. The van der Waals surface area contributed by atoms with E-state index < -0.39 is 5.25 Å². The number of thioether (sulfide) groups is 1. The van der Waals surface area contributed by atoms with Crippen molar-refractivity contribution in [1.29, 1.82) is 0 Å². The lowest BCUT2D eigenvalue weighted by atomic mass is 10.1. The predicted octanol–water partition coefficient (Wildman–Crippen LogP) is 7.91. The molecule has 0 aliphatic heterocycles. The summed E-state index contributed by atoms with van der Waals surface area (Å²) >= 11 is 8.82. The Bertz CT molecular complexity index is 1590. The monoisotopic (exact) mass is 557 g/mol. The smallest absolute Gasteiger partial charge is 0.244 e. The number of rotatable bonds is 8. The normalized spacial score (nSPS) is 11.7. The minimum absolute atomic E-state index is 0.127. The minimum atomic E-state index is -0.509. The van der Waals surface area contributed by atoms with Crippen molar-refractivity contribution in [2.24, 2.45) is 0 Å². The number of fused-ring (bicyclic) bond motifs is 1. The summed E-state index contributed by atoms with van der Waals surface area (Å²) in [5.41, 5.74) is 4.44. The Labute approximate surface area is 234 Å². The van der Waals surface area contributed by atoms with E-state index in [1.165, 1.54) is 23.1 Å². The Morgan fingerprint density at radius 3 is 2.50 bits per heavy atom. The van der Waals surface area contributed by atoms with Crippen LogP contribution in [0.25, 0.3) is 10.2 Å². The van der Waals surface area contributed by atoms with Crippen molar-refractivity contribution in [3.63, 3.8) is 0 Å². The van der Waals surface area contributed by atoms with Crippen molar-refractivity contribution in [3.05, 3.63) is 119 Å². The third-order valence-electron chi connectivity index (χ3n) is 5.76. The fourth-order valence-corrected chi connectivity index (χ4v) is 6.11. The molecule has 1 aromatic heterocycles. The van der Waals surface area contributed by atoms with Crippen molar-refractivity contribution in [2.75, 3.05) is 10.6 Å². The highest BCUT2D eigenvalue weighted by Crippen LogP contribution is 2.38. The molecule has 1 unspecified atom stereocenters. The van der Waals surface area contributed by atoms with Gasteiger partial charge in [-0.05, 0) is 66.1 Å². The van der Waals surface area contributed by atoms with E-state index in [2.05, 4.69) is 21.7 Å². The molecule has 0 spiro atoms. The van der Waals surface area contributed by atoms with Crippen LogP contribution >= 0.6 is 34.7 Å². The number of nitrogens with one attached hydrogen (secondary N) is 2. The molecule has 38 heavy (non-hydrogen) atoms. The summed E-state index contributed by atoms with van der Waals surface area (Å²) in [6.07, 6.45) is 0.241. The van der Waals surface area contributed by atoms with Gasteiger partial charge in [0.15, 0.2) is 5.13 Å². The zero-order chi connectivity index (χ0) is 26.5. The fourth-order valence-electron chi connectivity index (χ4n) is 3.93. The zero-order valence-corrected chi connectivity index (χ0v) is 22.9. The van der Waals surface area contributed by atoms with E-state index in [-0.39, 0.29) is 18.2 Å². The van der Waals surface area contributed by atoms with Crippen molar-refractivity contribution < 1.29 is 9.59 Å². The highest BCUT2D eigenvalue weighted by molar-refractivity contribution is 8.00. The second-order valence-electron chi connectivity index (χ2n) is 8.77. The maximum atomic E-state index is 13.5. The first kappa shape index (κ1) is 26.0. The molecule has 0 aliphatic carbocycles. The summed E-state index contributed by atoms with van der Waals surface area (Å²) in [5, 5.41) is 6.66. The Kier molecular flexibility index (Phi) is 8.08. The number of hydrogen-bond acceptors (Lipinski definition) is 5. The number of anilines is 2. The van der Waals surface area contributed by atoms with Gasteiger partial charge >= 0.3 is 0 Å². The molecule has 0 saturated carbocycles. The van der Waals surface area contributed by atoms with Crippen molar-refractivity contribution in [2.45, 2.75) is 23.5 Å². The first-order valence-electron chi connectivity index (χ1n) is 12.0. The molecule has 8 heteroatoms. The molecule has 5 aromatic rings. The second kappa shape index (κ2) is 11.8. The molecule has 5 nitrogen and oxygen atoms in total. The van der Waals surface area contributed by atoms with Crippen LogP contribution in [-0.4, -0.2) is 16.8 Å². The van der Waals surface area contributed by atoms with Crippen LogP contribution < -0.4 is 10.6 Å². The van der Waals surface area contributed by atoms with Gasteiger partial charge in [-0.2, -0.15) is 0 Å². The van der Waals surface area contributed by atoms with Gasteiger partial charge in [0.05, 0.1) is 16.6 Å². The fraction of sp³-hybridized carbons (Fsp3) is 0.100. The molecule has 5 rings (SSSR count). The van der Waals surface area contributed by atoms with E-state index in [1.807, 2.05) is 85.8 Å². The van der Waals surface area contributed by atoms with Crippen LogP contribution in [0.3, 0.4) is 0 Å². The van der Waals surface area contributed by atoms with Crippen LogP contribution in [0.1, 0.15) is 21.9 Å². The molecule has 1 atom stereocenters. The third-order valence-corrected chi connectivity index (χ3v) is 8.20. The molecule has 0 fully saturated rings. The molecule has 190 valence electrons. The number of benzene rings is 4. The van der Waals surface area contributed by atoms with Gasteiger partial charge in [-0.3, -0.25) is 9.59 Å². The lowest BCUT2D eigenvalue weighted by Gasteiger charge is -2.17. The molecular weight excluding hydrogens is 534 g/mol. The molecular formula is C30H24ClN3O2S2. The first-order valence-corrected chi connectivity index (χ1v) is 14.0. The molecule has 0 radical (unpaired) electrons. The first-order chi connectivity index (χ1) is 18.4. The standard InChI is InChI=1S/C30H24ClN3O2S2/c1-19-10-15-25-26(16-19)38-30(33-25)34-29(36)28(21-6-3-2-4-7-21)37-24-9-5-8-23(18-24)32-27(35)17-20-11-13-22(31)14-12-20/h2-16,18,28H,17H2,1H3,(H,32,35)(H,33,34,36). The van der Waals surface area contributed by atoms with Gasteiger partial charge in [0, 0.05) is 15.6 Å². The summed E-state index contributed by atoms with van der Waals surface area (Å²) < 4.78 is 1.03. The number of amides is 2. The van der Waals surface area contributed by atoms with Crippen LogP contribution in [-0.2, 0) is 16.0 Å². The van der Waals surface area contributed by atoms with Crippen LogP contribution in [0.15, 0.2) is 102 Å². The largest absolute Gasteiger partial charge is 0.326 e. The predicted molar refractivity (Wildman–Crippen MR) is 158 cm³/mol. The summed E-state index contributed by atoms with van der Waals surface area (Å²) in [4.78, 5) is 31.6. The van der Waals surface area contributed by atoms with Crippen LogP contribution in [0.5, 0.6) is 0 Å². The van der Waals surface area contributed by atoms with Crippen molar-refractivity contribution in [1.82, 2.24) is 4.98 Å². The van der Waals surface area contributed by atoms with Crippen LogP contribution in [0.4, 0.5) is 10.8 Å². The van der Waals surface area contributed by atoms with E-state index in [9.17, 15) is 9.59 Å². The average Bonchev–Trinajstić information content (AvgIpc) is 3.30. The number of aryl methyl sites for hydroxylation is 1. The lowest BCUT2D eigenvalue weighted by Crippen LogP contribution is -2.19. The van der Waals surface area contributed by atoms with Crippen molar-refractivity contribution >= 4 is 67.5 Å². The summed E-state index contributed by atoms with van der Waals surface area (Å²) in [5.74, 6) is -0.285. The van der Waals surface area contributed by atoms with Gasteiger partial charge in [-0.1, -0.05) is 77.5 Å². The number of nitrogens with zero attached hydrogens (tertiary/aromatic N) is 1. The number of carbonyl (C=O) groups excluding carboxylic acids is 2. The van der Waals surface area contributed by atoms with E-state index in [4.69, 9.17) is 11.6 Å². The number of aromatic nitrogens is 1. The molecule has 0 aliphatic rings. The Morgan fingerprint density at radius 1 is 0.921 bits per heavy atom. The summed E-state index contributed by atoms with van der Waals surface area (Å²) in [6, 6.07) is 30.4. The molecule has 0 saturated heterocycles. The topological polar surface area (TPSA) is 71.1 Å². The van der Waals surface area contributed by atoms with Crippen LogP contribution in [0.2, 0.25) is 5.02 Å². The van der Waals surface area contributed by atoms with Gasteiger partial charge in [0.2, 0.25) is 11.8 Å². The Hall–Kier alpha value is -3.65. The van der Waals surface area contributed by atoms with E-state index in [0.29, 0.717) is 15.8 Å². The maximum absolute atomic E-state index is 13.5. The molecule has 2 amide bonds. The Morgan fingerprint density at radius 2 is 1.71 bits per heavy atom. The highest BCUT2D eigenvalue weighted by atomic mass is 35.5. The second-order valence-corrected chi connectivity index (χ2v) is 11.4. The third kappa shape index (κ3) is 6.61. The van der Waals surface area contributed by atoms with E-state index in [0.717, 1.165) is 31.8 Å². The minimum Gasteiger partial charge on any atom is -0.326 e. The molecule has 2 N–H and O–H groups in total. The van der Waals surface area contributed by atoms with Gasteiger partial charge < -0.3 is 10.6 Å². The average molecular weight is 558 g/mol. The zero-order valence-electron chi connectivity index (χ0n) is 20.5. The number of halogens is 1. The van der Waals surface area contributed by atoms with E-state index >= 15 is 0 Å². The highest BCUT2D eigenvalue weighted by Gasteiger charge is 2.23. The van der Waals surface area contributed by atoms with E-state index in [1.54, 1.807) is 12.1 Å². The van der Waals surface area contributed by atoms with Gasteiger partial charge in [-0.25, -0.2) is 4.98 Å². The van der Waals surface area contributed by atoms with Crippen molar-refractivity contribution in [3.8, 4) is 0 Å².